The molecule has 0 aliphatic carbocycles. The quantitative estimate of drug-likeness (QED) is 0.438. The summed E-state index contributed by atoms with van der Waals surface area (Å²) in [6.07, 6.45) is 7.21. The lowest BCUT2D eigenvalue weighted by Gasteiger charge is -2.00. The maximum Gasteiger partial charge on any atom is 0.175 e. The zero-order chi connectivity index (χ0) is 7.94. The molecule has 0 aromatic heterocycles. The van der Waals surface area contributed by atoms with E-state index < -0.39 is 0 Å². The van der Waals surface area contributed by atoms with Crippen molar-refractivity contribution in [1.29, 1.82) is 0 Å². The molecular formula is C8H12N2O. The lowest BCUT2D eigenvalue weighted by Crippen LogP contribution is -1.97. The van der Waals surface area contributed by atoms with Crippen molar-refractivity contribution in [2.75, 3.05) is 6.61 Å². The van der Waals surface area contributed by atoms with Crippen molar-refractivity contribution in [1.82, 2.24) is 0 Å². The van der Waals surface area contributed by atoms with Gasteiger partial charge in [0, 0.05) is 12.6 Å². The van der Waals surface area contributed by atoms with Crippen LogP contribution >= 0.6 is 0 Å². The number of ether oxygens (including phenoxy) is 1. The highest BCUT2D eigenvalue weighted by atomic mass is 16.5. The van der Waals surface area contributed by atoms with E-state index in [0.29, 0.717) is 6.61 Å². The van der Waals surface area contributed by atoms with Crippen LogP contribution in [0.25, 0.3) is 0 Å². The van der Waals surface area contributed by atoms with Crippen molar-refractivity contribution in [2.45, 2.75) is 19.8 Å². The summed E-state index contributed by atoms with van der Waals surface area (Å²) in [6.45, 7) is 2.58. The summed E-state index contributed by atoms with van der Waals surface area (Å²) in [5.41, 5.74) is 0. The molecule has 3 heteroatoms. The zero-order valence-electron chi connectivity index (χ0n) is 6.66. The average molecular weight is 152 g/mol. The molecular weight excluding hydrogens is 140 g/mol. The van der Waals surface area contributed by atoms with Crippen LogP contribution in [-0.2, 0) is 4.74 Å². The lowest BCUT2D eigenvalue weighted by molar-refractivity contribution is 0.344. The van der Waals surface area contributed by atoms with Crippen LogP contribution in [0.5, 0.6) is 0 Å². The Balaban J connectivity index is 2.35. The third-order valence-corrected chi connectivity index (χ3v) is 1.31. The summed E-state index contributed by atoms with van der Waals surface area (Å²) in [5.74, 6) is 0.848. The second-order valence-corrected chi connectivity index (χ2v) is 2.16. The predicted octanol–water partition coefficient (Wildman–Crippen LogP) is 1.76. The van der Waals surface area contributed by atoms with E-state index in [0.717, 1.165) is 18.7 Å². The van der Waals surface area contributed by atoms with E-state index in [4.69, 9.17) is 4.74 Å². The van der Waals surface area contributed by atoms with Gasteiger partial charge in [0.25, 0.3) is 0 Å². The van der Waals surface area contributed by atoms with Gasteiger partial charge < -0.3 is 4.74 Å². The first-order valence-corrected chi connectivity index (χ1v) is 3.79. The number of nitrogens with zero attached hydrogens (tertiary/aromatic N) is 2. The monoisotopic (exact) mass is 152 g/mol. The molecule has 0 spiro atoms. The van der Waals surface area contributed by atoms with Gasteiger partial charge in [-0.3, -0.25) is 0 Å². The molecule has 1 heterocycles. The minimum atomic E-state index is 0.659. The summed E-state index contributed by atoms with van der Waals surface area (Å²) in [4.78, 5) is 8.08. The van der Waals surface area contributed by atoms with Crippen molar-refractivity contribution in [3.63, 3.8) is 0 Å². The fourth-order valence-electron chi connectivity index (χ4n) is 0.761. The Bertz CT molecular complexity index is 194. The molecule has 0 atom stereocenters. The van der Waals surface area contributed by atoms with E-state index in [1.165, 1.54) is 6.40 Å². The van der Waals surface area contributed by atoms with Crippen LogP contribution in [0.4, 0.5) is 0 Å². The molecule has 0 amide bonds. The molecule has 0 N–H and O–H groups in total. The van der Waals surface area contributed by atoms with Gasteiger partial charge in [-0.15, -0.1) is 0 Å². The lowest BCUT2D eigenvalue weighted by atomic mass is 10.2. The molecule has 1 aliphatic heterocycles. The first kappa shape index (κ1) is 7.98. The van der Waals surface area contributed by atoms with Crippen LogP contribution < -0.4 is 0 Å². The van der Waals surface area contributed by atoms with Gasteiger partial charge in [-0.2, -0.15) is 0 Å². The van der Waals surface area contributed by atoms with Gasteiger partial charge in [0.15, 0.2) is 6.40 Å². The molecule has 0 aromatic carbocycles. The molecule has 1 rings (SSSR count). The number of amidine groups is 1. The second kappa shape index (κ2) is 4.66. The van der Waals surface area contributed by atoms with Gasteiger partial charge in [-0.05, 0) is 13.3 Å². The molecule has 0 radical (unpaired) electrons. The summed E-state index contributed by atoms with van der Waals surface area (Å²) in [6, 6.07) is 0. The molecule has 0 fully saturated rings. The van der Waals surface area contributed by atoms with Crippen molar-refractivity contribution in [2.24, 2.45) is 9.98 Å². The Morgan fingerprint density at radius 3 is 3.36 bits per heavy atom. The molecule has 0 aromatic rings. The van der Waals surface area contributed by atoms with Crippen molar-refractivity contribution < 1.29 is 4.74 Å². The highest BCUT2D eigenvalue weighted by molar-refractivity contribution is 5.89. The largest absolute Gasteiger partial charge is 0.483 e. The SMILES string of the molecule is CCOC=NC1=NC=CCC1. The number of hydrogen-bond acceptors (Lipinski definition) is 3. The molecule has 0 saturated carbocycles. The van der Waals surface area contributed by atoms with E-state index in [2.05, 4.69) is 9.98 Å². The van der Waals surface area contributed by atoms with Crippen LogP contribution in [0.3, 0.4) is 0 Å². The average Bonchev–Trinajstić information content (AvgIpc) is 2.07. The van der Waals surface area contributed by atoms with E-state index in [9.17, 15) is 0 Å². The van der Waals surface area contributed by atoms with Crippen molar-refractivity contribution in [3.05, 3.63) is 12.3 Å². The van der Waals surface area contributed by atoms with Crippen molar-refractivity contribution in [3.8, 4) is 0 Å². The first-order chi connectivity index (χ1) is 5.43. The molecule has 0 unspecified atom stereocenters. The van der Waals surface area contributed by atoms with Gasteiger partial charge in [0.05, 0.1) is 6.61 Å². The van der Waals surface area contributed by atoms with Crippen LogP contribution in [0.2, 0.25) is 0 Å². The molecule has 0 saturated heterocycles. The molecule has 3 nitrogen and oxygen atoms in total. The number of hydrogen-bond donors (Lipinski definition) is 0. The smallest absolute Gasteiger partial charge is 0.175 e. The molecule has 0 bridgehead atoms. The minimum absolute atomic E-state index is 0.659. The highest BCUT2D eigenvalue weighted by Gasteiger charge is 1.96. The number of aliphatic imine (C=N–C) groups is 2. The van der Waals surface area contributed by atoms with Crippen LogP contribution in [0, 0.1) is 0 Å². The standard InChI is InChI=1S/C8H12N2O/c1-2-11-7-10-8-5-3-4-6-9-8/h4,6-7H,2-3,5H2,1H3. The van der Waals surface area contributed by atoms with Gasteiger partial charge in [0.2, 0.25) is 0 Å². The Labute approximate surface area is 66.5 Å². The molecule has 60 valence electrons. The van der Waals surface area contributed by atoms with Gasteiger partial charge in [-0.1, -0.05) is 6.08 Å². The topological polar surface area (TPSA) is 34.0 Å². The Kier molecular flexibility index (Phi) is 3.38. The van der Waals surface area contributed by atoms with Gasteiger partial charge >= 0.3 is 0 Å². The Morgan fingerprint density at radius 2 is 2.73 bits per heavy atom. The first-order valence-electron chi connectivity index (χ1n) is 3.79. The van der Waals surface area contributed by atoms with Crippen LogP contribution in [0.1, 0.15) is 19.8 Å². The highest BCUT2D eigenvalue weighted by Crippen LogP contribution is 2.02. The maximum absolute atomic E-state index is 4.94. The summed E-state index contributed by atoms with van der Waals surface area (Å²) in [5, 5.41) is 0. The fraction of sp³-hybridized carbons (Fsp3) is 0.500. The van der Waals surface area contributed by atoms with Crippen molar-refractivity contribution >= 4 is 12.2 Å². The summed E-state index contributed by atoms with van der Waals surface area (Å²) >= 11 is 0. The van der Waals surface area contributed by atoms with E-state index in [1.54, 1.807) is 6.20 Å². The summed E-state index contributed by atoms with van der Waals surface area (Å²) < 4.78 is 4.94. The van der Waals surface area contributed by atoms with Gasteiger partial charge in [-0.25, -0.2) is 9.98 Å². The fourth-order valence-corrected chi connectivity index (χ4v) is 0.761. The van der Waals surface area contributed by atoms with Crippen LogP contribution in [0.15, 0.2) is 22.3 Å². The Hall–Kier alpha value is -1.12. The van der Waals surface area contributed by atoms with E-state index >= 15 is 0 Å². The number of rotatable bonds is 2. The predicted molar refractivity (Wildman–Crippen MR) is 45.9 cm³/mol. The molecule has 1 aliphatic rings. The van der Waals surface area contributed by atoms with E-state index in [-0.39, 0.29) is 0 Å². The normalized spacial score (nSPS) is 17.0. The van der Waals surface area contributed by atoms with E-state index in [1.807, 2.05) is 13.0 Å². The second-order valence-electron chi connectivity index (χ2n) is 2.16. The minimum Gasteiger partial charge on any atom is -0.483 e. The zero-order valence-corrected chi connectivity index (χ0v) is 6.66. The third kappa shape index (κ3) is 2.98. The third-order valence-electron chi connectivity index (χ3n) is 1.31. The maximum atomic E-state index is 4.94. The Morgan fingerprint density at radius 1 is 1.82 bits per heavy atom. The number of allylic oxidation sites excluding steroid dienone is 1. The summed E-state index contributed by atoms with van der Waals surface area (Å²) in [7, 11) is 0. The van der Waals surface area contributed by atoms with Gasteiger partial charge in [0.1, 0.15) is 5.84 Å². The molecule has 11 heavy (non-hydrogen) atoms. The van der Waals surface area contributed by atoms with Crippen LogP contribution in [-0.4, -0.2) is 18.8 Å².